The van der Waals surface area contributed by atoms with Crippen molar-refractivity contribution >= 4 is 34.6 Å². The number of aromatic amines is 1. The van der Waals surface area contributed by atoms with Crippen LogP contribution >= 0.6 is 0 Å². The van der Waals surface area contributed by atoms with Gasteiger partial charge in [0.1, 0.15) is 0 Å². The maximum absolute atomic E-state index is 14.3. The summed E-state index contributed by atoms with van der Waals surface area (Å²) in [5.74, 6) is -0.591. The lowest BCUT2D eigenvalue weighted by molar-refractivity contribution is -0.143. The molecule has 12 nitrogen and oxygen atoms in total. The van der Waals surface area contributed by atoms with Crippen LogP contribution in [0.25, 0.3) is 10.9 Å². The SMILES string of the molecule is Cc1cc([C@@H](C)C(OC(=O)N2CCC(N3CCc4ccccc4NC3=O)CC2)C(=O)N2CCC(N3CCNCC3)CC2)cc2ccc(=O)[nH]c12. The Bertz CT molecular complexity index is 1770. The summed E-state index contributed by atoms with van der Waals surface area (Å²) < 4.78 is 6.23. The van der Waals surface area contributed by atoms with E-state index >= 15 is 0 Å². The molecular weight excluding hydrogens is 634 g/mol. The van der Waals surface area contributed by atoms with Crippen molar-refractivity contribution in [3.8, 4) is 0 Å². The molecule has 0 aliphatic carbocycles. The van der Waals surface area contributed by atoms with Crippen LogP contribution in [0, 0.1) is 6.92 Å². The van der Waals surface area contributed by atoms with Crippen molar-refractivity contribution in [2.45, 2.75) is 70.1 Å². The normalized spacial score (nSPS) is 20.9. The Kier molecular flexibility index (Phi) is 10.1. The van der Waals surface area contributed by atoms with Gasteiger partial charge >= 0.3 is 12.1 Å². The number of para-hydroxylation sites is 1. The fraction of sp³-hybridized carbons (Fsp3) is 0.526. The summed E-state index contributed by atoms with van der Waals surface area (Å²) in [5.41, 5.74) is 4.33. The third kappa shape index (κ3) is 7.22. The monoisotopic (exact) mass is 683 g/mol. The molecule has 1 aromatic heterocycles. The van der Waals surface area contributed by atoms with Crippen molar-refractivity contribution in [2.24, 2.45) is 0 Å². The van der Waals surface area contributed by atoms with Crippen LogP contribution in [0.2, 0.25) is 0 Å². The highest BCUT2D eigenvalue weighted by Crippen LogP contribution is 2.31. The molecule has 7 rings (SSSR count). The molecule has 4 aliphatic heterocycles. The Labute approximate surface area is 293 Å². The molecule has 1 unspecified atom stereocenters. The lowest BCUT2D eigenvalue weighted by Gasteiger charge is -2.41. The number of aromatic nitrogens is 1. The number of piperazine rings is 1. The average Bonchev–Trinajstić information content (AvgIpc) is 3.32. The number of ether oxygens (including phenoxy) is 1. The molecule has 0 saturated carbocycles. The number of H-pyrrole nitrogens is 1. The van der Waals surface area contributed by atoms with Crippen molar-refractivity contribution < 1.29 is 19.1 Å². The second kappa shape index (κ2) is 14.8. The molecule has 50 heavy (non-hydrogen) atoms. The average molecular weight is 684 g/mol. The second-order valence-electron chi connectivity index (χ2n) is 14.3. The first-order chi connectivity index (χ1) is 24.2. The predicted molar refractivity (Wildman–Crippen MR) is 193 cm³/mol. The lowest BCUT2D eigenvalue weighted by atomic mass is 9.91. The minimum absolute atomic E-state index is 0.00807. The first-order valence-electron chi connectivity index (χ1n) is 18.2. The number of likely N-dealkylation sites (tertiary alicyclic amines) is 2. The van der Waals surface area contributed by atoms with Gasteiger partial charge in [-0.1, -0.05) is 31.2 Å². The van der Waals surface area contributed by atoms with Gasteiger partial charge in [-0.2, -0.15) is 0 Å². The Morgan fingerprint density at radius 2 is 1.54 bits per heavy atom. The molecule has 2 aromatic carbocycles. The van der Waals surface area contributed by atoms with Crippen LogP contribution in [0.1, 0.15) is 55.2 Å². The molecule has 0 radical (unpaired) electrons. The highest BCUT2D eigenvalue weighted by molar-refractivity contribution is 5.91. The summed E-state index contributed by atoms with van der Waals surface area (Å²) in [6, 6.07) is 15.5. The van der Waals surface area contributed by atoms with Gasteiger partial charge in [0.05, 0.1) is 5.52 Å². The van der Waals surface area contributed by atoms with Crippen LogP contribution in [-0.4, -0.2) is 120 Å². The molecule has 3 N–H and O–H groups in total. The van der Waals surface area contributed by atoms with Crippen LogP contribution in [0.5, 0.6) is 0 Å². The fourth-order valence-electron chi connectivity index (χ4n) is 8.24. The van der Waals surface area contributed by atoms with Gasteiger partial charge in [-0.05, 0) is 79.3 Å². The summed E-state index contributed by atoms with van der Waals surface area (Å²) in [7, 11) is 0. The van der Waals surface area contributed by atoms with E-state index < -0.39 is 18.1 Å². The van der Waals surface area contributed by atoms with Crippen molar-refractivity contribution in [1.82, 2.24) is 29.9 Å². The fourth-order valence-corrected chi connectivity index (χ4v) is 8.24. The number of aryl methyl sites for hydroxylation is 1. The highest BCUT2D eigenvalue weighted by atomic mass is 16.6. The van der Waals surface area contributed by atoms with E-state index in [4.69, 9.17) is 4.74 Å². The number of pyridine rings is 1. The molecule has 2 atom stereocenters. The van der Waals surface area contributed by atoms with Gasteiger partial charge in [0.2, 0.25) is 5.56 Å². The quantitative estimate of drug-likeness (QED) is 0.360. The number of carbonyl (C=O) groups is 3. The van der Waals surface area contributed by atoms with E-state index in [1.54, 1.807) is 11.0 Å². The van der Waals surface area contributed by atoms with Gasteiger partial charge in [0.25, 0.3) is 5.91 Å². The minimum Gasteiger partial charge on any atom is -0.435 e. The van der Waals surface area contributed by atoms with Crippen molar-refractivity contribution in [3.05, 3.63) is 75.6 Å². The van der Waals surface area contributed by atoms with Crippen LogP contribution in [0.3, 0.4) is 0 Å². The molecule has 3 fully saturated rings. The number of hydrogen-bond acceptors (Lipinski definition) is 7. The van der Waals surface area contributed by atoms with Crippen LogP contribution in [-0.2, 0) is 16.0 Å². The smallest absolute Gasteiger partial charge is 0.410 e. The van der Waals surface area contributed by atoms with E-state index in [-0.39, 0.29) is 23.5 Å². The number of rotatable bonds is 6. The third-order valence-corrected chi connectivity index (χ3v) is 11.3. The first-order valence-corrected chi connectivity index (χ1v) is 18.2. The molecule has 0 spiro atoms. The summed E-state index contributed by atoms with van der Waals surface area (Å²) >= 11 is 0. The van der Waals surface area contributed by atoms with E-state index in [1.165, 1.54) is 6.07 Å². The number of urea groups is 1. The Balaban J connectivity index is 1.05. The maximum Gasteiger partial charge on any atom is 0.410 e. The van der Waals surface area contributed by atoms with E-state index in [1.807, 2.05) is 60.0 Å². The van der Waals surface area contributed by atoms with Gasteiger partial charge in [-0.25, -0.2) is 9.59 Å². The van der Waals surface area contributed by atoms with E-state index in [2.05, 4.69) is 20.5 Å². The third-order valence-electron chi connectivity index (χ3n) is 11.3. The molecule has 0 bridgehead atoms. The molecule has 3 aromatic rings. The van der Waals surface area contributed by atoms with Crippen molar-refractivity contribution in [2.75, 3.05) is 64.2 Å². The first kappa shape index (κ1) is 34.0. The second-order valence-corrected chi connectivity index (χ2v) is 14.3. The number of anilines is 1. The summed E-state index contributed by atoms with van der Waals surface area (Å²) in [6.45, 7) is 10.7. The molecule has 4 amide bonds. The maximum atomic E-state index is 14.3. The predicted octanol–water partition coefficient (Wildman–Crippen LogP) is 3.90. The number of fused-ring (bicyclic) bond motifs is 2. The van der Waals surface area contributed by atoms with Gasteiger partial charge in [-0.3, -0.25) is 14.5 Å². The van der Waals surface area contributed by atoms with Gasteiger partial charge < -0.3 is 35.1 Å². The van der Waals surface area contributed by atoms with Gasteiger partial charge in [0, 0.05) is 88.7 Å². The summed E-state index contributed by atoms with van der Waals surface area (Å²) in [6.07, 6.45) is 2.32. The number of nitrogens with zero attached hydrogens (tertiary/aromatic N) is 4. The molecular formula is C38H49N7O5. The number of nitrogens with one attached hydrogen (secondary N) is 3. The molecule has 4 aliphatic rings. The Hall–Kier alpha value is -4.42. The molecule has 12 heteroatoms. The van der Waals surface area contributed by atoms with Crippen molar-refractivity contribution in [3.63, 3.8) is 0 Å². The summed E-state index contributed by atoms with van der Waals surface area (Å²) in [4.78, 5) is 64.2. The largest absolute Gasteiger partial charge is 0.435 e. The topological polar surface area (TPSA) is 130 Å². The minimum atomic E-state index is -1.01. The standard InChI is InChI=1S/C38H49N7O5/c1-25-23-29(24-28-7-8-33(46)41-34(25)28)26(2)35(36(47)43-16-10-30(11-17-43)42-21-14-39-15-22-42)50-38(49)44-18-12-31(13-19-44)45-20-9-27-5-3-4-6-32(27)40-37(45)48/h3-8,23-24,26,30-31,35,39H,9-22H2,1-2H3,(H,40,48)(H,41,46)/t26-,35?/m1/s1. The molecule has 266 valence electrons. The Morgan fingerprint density at radius 1 is 0.840 bits per heavy atom. The number of carbonyl (C=O) groups excluding carboxylic acids is 3. The molecule has 3 saturated heterocycles. The summed E-state index contributed by atoms with van der Waals surface area (Å²) in [5, 5.41) is 7.34. The van der Waals surface area contributed by atoms with Crippen LogP contribution in [0.15, 0.2) is 53.3 Å². The number of amides is 4. The number of piperidine rings is 2. The number of benzene rings is 2. The Morgan fingerprint density at radius 3 is 2.30 bits per heavy atom. The van der Waals surface area contributed by atoms with E-state index in [0.717, 1.165) is 78.7 Å². The number of hydrogen-bond donors (Lipinski definition) is 3. The zero-order valence-electron chi connectivity index (χ0n) is 29.2. The van der Waals surface area contributed by atoms with E-state index in [0.29, 0.717) is 51.6 Å². The van der Waals surface area contributed by atoms with Gasteiger partial charge in [-0.15, -0.1) is 0 Å². The van der Waals surface area contributed by atoms with Crippen molar-refractivity contribution in [1.29, 1.82) is 0 Å². The lowest BCUT2D eigenvalue weighted by Crippen LogP contribution is -2.55. The highest BCUT2D eigenvalue weighted by Gasteiger charge is 2.39. The van der Waals surface area contributed by atoms with Crippen LogP contribution in [0.4, 0.5) is 15.3 Å². The zero-order valence-corrected chi connectivity index (χ0v) is 29.2. The van der Waals surface area contributed by atoms with Crippen LogP contribution < -0.4 is 16.2 Å². The van der Waals surface area contributed by atoms with Gasteiger partial charge in [0.15, 0.2) is 6.10 Å². The molecule has 5 heterocycles. The van der Waals surface area contributed by atoms with E-state index in [9.17, 15) is 19.2 Å². The zero-order chi connectivity index (χ0) is 34.8.